The van der Waals surface area contributed by atoms with E-state index in [1.165, 1.54) is 5.56 Å². The lowest BCUT2D eigenvalue weighted by molar-refractivity contribution is -0.131. The second-order valence-corrected chi connectivity index (χ2v) is 6.42. The van der Waals surface area contributed by atoms with Gasteiger partial charge in [0.2, 0.25) is 5.91 Å². The molecule has 1 aliphatic heterocycles. The van der Waals surface area contributed by atoms with E-state index in [0.717, 1.165) is 25.1 Å². The topological polar surface area (TPSA) is 53.0 Å². The van der Waals surface area contributed by atoms with Crippen LogP contribution in [-0.4, -0.2) is 60.2 Å². The Kier molecular flexibility index (Phi) is 4.36. The molecule has 0 unspecified atom stereocenters. The third-order valence-corrected chi connectivity index (χ3v) is 4.65. The number of aliphatic hydroxyl groups is 1. The fourth-order valence-electron chi connectivity index (χ4n) is 3.11. The Balaban J connectivity index is 1.58. The molecule has 0 bridgehead atoms. The van der Waals surface area contributed by atoms with Gasteiger partial charge in [0.15, 0.2) is 0 Å². The Morgan fingerprint density at radius 1 is 1.32 bits per heavy atom. The Labute approximate surface area is 131 Å². The van der Waals surface area contributed by atoms with Crippen LogP contribution < -0.4 is 4.74 Å². The predicted octanol–water partition coefficient (Wildman–Crippen LogP) is 1.11. The summed E-state index contributed by atoms with van der Waals surface area (Å²) in [5.41, 5.74) is 1.17. The van der Waals surface area contributed by atoms with Gasteiger partial charge in [0, 0.05) is 25.6 Å². The van der Waals surface area contributed by atoms with Gasteiger partial charge in [-0.05, 0) is 37.6 Å². The molecule has 2 atom stereocenters. The zero-order chi connectivity index (χ0) is 15.7. The van der Waals surface area contributed by atoms with Crippen LogP contribution in [0.3, 0.4) is 0 Å². The minimum Gasteiger partial charge on any atom is -0.497 e. The van der Waals surface area contributed by atoms with Gasteiger partial charge < -0.3 is 14.7 Å². The highest BCUT2D eigenvalue weighted by molar-refractivity contribution is 5.81. The number of ether oxygens (including phenoxy) is 1. The van der Waals surface area contributed by atoms with E-state index in [2.05, 4.69) is 4.90 Å². The number of methoxy groups -OCH3 is 1. The zero-order valence-electron chi connectivity index (χ0n) is 13.2. The van der Waals surface area contributed by atoms with Gasteiger partial charge in [0.05, 0.1) is 19.3 Å². The second-order valence-electron chi connectivity index (χ2n) is 6.42. The summed E-state index contributed by atoms with van der Waals surface area (Å²) in [5, 5.41) is 10.3. The minimum absolute atomic E-state index is 0.00445. The monoisotopic (exact) mass is 304 g/mol. The van der Waals surface area contributed by atoms with Gasteiger partial charge in [0.1, 0.15) is 5.75 Å². The first kappa shape index (κ1) is 15.3. The van der Waals surface area contributed by atoms with Crippen molar-refractivity contribution in [3.63, 3.8) is 0 Å². The van der Waals surface area contributed by atoms with E-state index in [9.17, 15) is 9.90 Å². The number of likely N-dealkylation sites (tertiary alicyclic amines) is 1. The van der Waals surface area contributed by atoms with E-state index in [1.807, 2.05) is 36.2 Å². The molecule has 1 saturated carbocycles. The molecule has 1 saturated heterocycles. The molecule has 5 nitrogen and oxygen atoms in total. The molecule has 1 heterocycles. The zero-order valence-corrected chi connectivity index (χ0v) is 13.2. The Hall–Kier alpha value is -1.59. The van der Waals surface area contributed by atoms with E-state index in [4.69, 9.17) is 4.74 Å². The summed E-state index contributed by atoms with van der Waals surface area (Å²) in [5.74, 6) is 1.28. The smallest absolute Gasteiger partial charge is 0.225 e. The van der Waals surface area contributed by atoms with Gasteiger partial charge in [-0.1, -0.05) is 12.1 Å². The van der Waals surface area contributed by atoms with Gasteiger partial charge in [-0.25, -0.2) is 0 Å². The van der Waals surface area contributed by atoms with Crippen LogP contribution >= 0.6 is 0 Å². The van der Waals surface area contributed by atoms with Crippen molar-refractivity contribution in [2.75, 3.05) is 27.2 Å². The maximum absolute atomic E-state index is 12.1. The van der Waals surface area contributed by atoms with Crippen LogP contribution in [0.4, 0.5) is 0 Å². The molecule has 1 N–H and O–H groups in total. The highest BCUT2D eigenvalue weighted by Gasteiger charge is 2.41. The molecule has 2 aliphatic rings. The summed E-state index contributed by atoms with van der Waals surface area (Å²) in [6.07, 6.45) is 1.56. The summed E-state index contributed by atoms with van der Waals surface area (Å²) >= 11 is 0. The molecule has 0 spiro atoms. The Morgan fingerprint density at radius 2 is 2.00 bits per heavy atom. The standard InChI is InChI=1S/C17H24N2O3/c1-18(9-12-3-7-14(22-2)8-4-12)15-10-19(11-16(15)20)17(21)13-5-6-13/h3-4,7-8,13,15-16,20H,5-6,9-11H2,1-2H3/t15-,16-/m1/s1. The molecule has 5 heteroatoms. The highest BCUT2D eigenvalue weighted by atomic mass is 16.5. The molecule has 1 aromatic carbocycles. The number of benzene rings is 1. The molecule has 0 aromatic heterocycles. The maximum Gasteiger partial charge on any atom is 0.225 e. The van der Waals surface area contributed by atoms with Crippen molar-refractivity contribution in [3.05, 3.63) is 29.8 Å². The van der Waals surface area contributed by atoms with Crippen LogP contribution in [0.5, 0.6) is 5.75 Å². The van der Waals surface area contributed by atoms with E-state index < -0.39 is 6.10 Å². The van der Waals surface area contributed by atoms with Gasteiger partial charge in [-0.2, -0.15) is 0 Å². The first-order chi connectivity index (χ1) is 10.6. The number of hydrogen-bond acceptors (Lipinski definition) is 4. The highest BCUT2D eigenvalue weighted by Crippen LogP contribution is 2.32. The van der Waals surface area contributed by atoms with Crippen molar-refractivity contribution in [3.8, 4) is 5.75 Å². The van der Waals surface area contributed by atoms with E-state index >= 15 is 0 Å². The average molecular weight is 304 g/mol. The molecule has 1 aromatic rings. The first-order valence-corrected chi connectivity index (χ1v) is 7.88. The van der Waals surface area contributed by atoms with Gasteiger partial charge in [-0.15, -0.1) is 0 Å². The van der Waals surface area contributed by atoms with Gasteiger partial charge in [0.25, 0.3) is 0 Å². The Bertz CT molecular complexity index is 527. The Morgan fingerprint density at radius 3 is 2.59 bits per heavy atom. The molecule has 1 amide bonds. The first-order valence-electron chi connectivity index (χ1n) is 7.88. The quantitative estimate of drug-likeness (QED) is 0.885. The molecule has 1 aliphatic carbocycles. The largest absolute Gasteiger partial charge is 0.497 e. The fourth-order valence-corrected chi connectivity index (χ4v) is 3.11. The number of carbonyl (C=O) groups excluding carboxylic acids is 1. The number of β-amino-alcohol motifs (C(OH)–C–C–N with tert-alkyl or cyclic N) is 1. The van der Waals surface area contributed by atoms with Crippen LogP contribution in [0.15, 0.2) is 24.3 Å². The molecule has 3 rings (SSSR count). The van der Waals surface area contributed by atoms with Crippen molar-refractivity contribution in [1.82, 2.24) is 9.80 Å². The number of amides is 1. The maximum atomic E-state index is 12.1. The number of hydrogen-bond donors (Lipinski definition) is 1. The summed E-state index contributed by atoms with van der Waals surface area (Å²) < 4.78 is 5.16. The lowest BCUT2D eigenvalue weighted by Gasteiger charge is -2.26. The number of likely N-dealkylation sites (N-methyl/N-ethyl adjacent to an activating group) is 1. The van der Waals surface area contributed by atoms with Gasteiger partial charge in [-0.3, -0.25) is 9.69 Å². The second kappa shape index (κ2) is 6.26. The summed E-state index contributed by atoms with van der Waals surface area (Å²) in [6, 6.07) is 7.95. The van der Waals surface area contributed by atoms with Crippen molar-refractivity contribution < 1.29 is 14.6 Å². The number of nitrogens with zero attached hydrogens (tertiary/aromatic N) is 2. The molecule has 2 fully saturated rings. The molecule has 22 heavy (non-hydrogen) atoms. The lowest BCUT2D eigenvalue weighted by atomic mass is 10.1. The molecule has 120 valence electrons. The number of aliphatic hydroxyl groups excluding tert-OH is 1. The molecular weight excluding hydrogens is 280 g/mol. The fraction of sp³-hybridized carbons (Fsp3) is 0.588. The van der Waals surface area contributed by atoms with Crippen LogP contribution in [0.2, 0.25) is 0 Å². The van der Waals surface area contributed by atoms with E-state index in [0.29, 0.717) is 13.1 Å². The number of carbonyl (C=O) groups is 1. The summed E-state index contributed by atoms with van der Waals surface area (Å²) in [6.45, 7) is 1.84. The third-order valence-electron chi connectivity index (χ3n) is 4.65. The van der Waals surface area contributed by atoms with Crippen LogP contribution in [0.1, 0.15) is 18.4 Å². The van der Waals surface area contributed by atoms with E-state index in [1.54, 1.807) is 7.11 Å². The molecular formula is C17H24N2O3. The molecule has 0 radical (unpaired) electrons. The normalized spacial score (nSPS) is 24.8. The van der Waals surface area contributed by atoms with Crippen molar-refractivity contribution in [2.24, 2.45) is 5.92 Å². The lowest BCUT2D eigenvalue weighted by Crippen LogP contribution is -2.40. The summed E-state index contributed by atoms with van der Waals surface area (Å²) in [7, 11) is 3.66. The summed E-state index contributed by atoms with van der Waals surface area (Å²) in [4.78, 5) is 16.1. The third kappa shape index (κ3) is 3.25. The van der Waals surface area contributed by atoms with Crippen LogP contribution in [0.25, 0.3) is 0 Å². The van der Waals surface area contributed by atoms with Crippen molar-refractivity contribution >= 4 is 5.91 Å². The average Bonchev–Trinajstić information content (AvgIpc) is 3.29. The predicted molar refractivity (Wildman–Crippen MR) is 83.6 cm³/mol. The SMILES string of the molecule is COc1ccc(CN(C)[C@@H]2CN(C(=O)C3CC3)C[C@H]2O)cc1. The van der Waals surface area contributed by atoms with Gasteiger partial charge >= 0.3 is 0 Å². The van der Waals surface area contributed by atoms with Crippen LogP contribution in [0, 0.1) is 5.92 Å². The van der Waals surface area contributed by atoms with E-state index in [-0.39, 0.29) is 17.9 Å². The number of rotatable bonds is 5. The minimum atomic E-state index is -0.467. The van der Waals surface area contributed by atoms with Crippen molar-refractivity contribution in [1.29, 1.82) is 0 Å². The van der Waals surface area contributed by atoms with Crippen LogP contribution in [-0.2, 0) is 11.3 Å². The van der Waals surface area contributed by atoms with Crippen molar-refractivity contribution in [2.45, 2.75) is 31.5 Å².